The molecule has 0 saturated carbocycles. The van der Waals surface area contributed by atoms with Crippen LogP contribution >= 0.6 is 47.0 Å². The minimum absolute atomic E-state index is 0.511. The average molecular weight is 399 g/mol. The first-order chi connectivity index (χ1) is 11.5. The fourth-order valence-corrected chi connectivity index (χ4v) is 3.27. The molecule has 0 amide bonds. The SMILES string of the molecule is S=C(NCCc1c[nH]c2ccc(Cl)cc12)Nc1ccc(Cl)cc1Cl. The van der Waals surface area contributed by atoms with Crippen LogP contribution in [0.4, 0.5) is 5.69 Å². The lowest BCUT2D eigenvalue weighted by atomic mass is 10.1. The molecular weight excluding hydrogens is 385 g/mol. The number of anilines is 1. The standard InChI is InChI=1S/C17H14Cl3N3S/c18-11-1-3-15-13(7-11)10(9-22-15)5-6-21-17(24)23-16-4-2-12(19)8-14(16)20/h1-4,7-9,22H,5-6H2,(H2,21,23,24). The molecule has 0 bridgehead atoms. The first-order valence-electron chi connectivity index (χ1n) is 7.28. The van der Waals surface area contributed by atoms with Crippen LogP contribution in [-0.4, -0.2) is 16.6 Å². The molecule has 0 saturated heterocycles. The lowest BCUT2D eigenvalue weighted by Gasteiger charge is -2.11. The fourth-order valence-electron chi connectivity index (χ4n) is 2.43. The number of hydrogen-bond acceptors (Lipinski definition) is 1. The molecule has 0 aliphatic carbocycles. The van der Waals surface area contributed by atoms with Gasteiger partial charge in [0.15, 0.2) is 5.11 Å². The Hall–Kier alpha value is -1.46. The monoisotopic (exact) mass is 397 g/mol. The molecule has 0 atom stereocenters. The van der Waals surface area contributed by atoms with Crippen molar-refractivity contribution in [2.24, 2.45) is 0 Å². The predicted octanol–water partition coefficient (Wildman–Crippen LogP) is 5.66. The predicted molar refractivity (Wildman–Crippen MR) is 108 cm³/mol. The van der Waals surface area contributed by atoms with E-state index in [1.165, 1.54) is 5.56 Å². The molecule has 0 unspecified atom stereocenters. The van der Waals surface area contributed by atoms with Crippen LogP contribution in [0.1, 0.15) is 5.56 Å². The van der Waals surface area contributed by atoms with Gasteiger partial charge in [0.05, 0.1) is 10.7 Å². The summed E-state index contributed by atoms with van der Waals surface area (Å²) in [5.41, 5.74) is 2.98. The van der Waals surface area contributed by atoms with Crippen LogP contribution < -0.4 is 10.6 Å². The summed E-state index contributed by atoms with van der Waals surface area (Å²) < 4.78 is 0. The van der Waals surface area contributed by atoms with Crippen molar-refractivity contribution in [2.75, 3.05) is 11.9 Å². The molecule has 124 valence electrons. The van der Waals surface area contributed by atoms with Gasteiger partial charge in [0, 0.05) is 33.7 Å². The molecule has 3 rings (SSSR count). The van der Waals surface area contributed by atoms with Crippen molar-refractivity contribution >= 4 is 68.7 Å². The third kappa shape index (κ3) is 4.14. The second-order valence-corrected chi connectivity index (χ2v) is 6.95. The molecular formula is C17H14Cl3N3S. The van der Waals surface area contributed by atoms with Gasteiger partial charge in [-0.15, -0.1) is 0 Å². The number of halogens is 3. The summed E-state index contributed by atoms with van der Waals surface area (Å²) in [7, 11) is 0. The molecule has 0 spiro atoms. The van der Waals surface area contributed by atoms with Gasteiger partial charge in [0.1, 0.15) is 0 Å². The van der Waals surface area contributed by atoms with Crippen LogP contribution in [0.25, 0.3) is 10.9 Å². The summed E-state index contributed by atoms with van der Waals surface area (Å²) in [5.74, 6) is 0. The summed E-state index contributed by atoms with van der Waals surface area (Å²) in [6, 6.07) is 11.0. The molecule has 0 radical (unpaired) electrons. The van der Waals surface area contributed by atoms with Gasteiger partial charge in [-0.1, -0.05) is 34.8 Å². The highest BCUT2D eigenvalue weighted by molar-refractivity contribution is 7.80. The van der Waals surface area contributed by atoms with Gasteiger partial charge in [0.25, 0.3) is 0 Å². The first kappa shape index (κ1) is 17.4. The van der Waals surface area contributed by atoms with Crippen molar-refractivity contribution in [1.82, 2.24) is 10.3 Å². The number of H-pyrrole nitrogens is 1. The largest absolute Gasteiger partial charge is 0.362 e. The Balaban J connectivity index is 1.57. The van der Waals surface area contributed by atoms with E-state index in [9.17, 15) is 0 Å². The zero-order valence-corrected chi connectivity index (χ0v) is 15.6. The summed E-state index contributed by atoms with van der Waals surface area (Å²) in [4.78, 5) is 3.24. The molecule has 0 fully saturated rings. The Bertz CT molecular complexity index is 892. The summed E-state index contributed by atoms with van der Waals surface area (Å²) in [5, 5.41) is 9.72. The van der Waals surface area contributed by atoms with E-state index < -0.39 is 0 Å². The van der Waals surface area contributed by atoms with Gasteiger partial charge in [-0.2, -0.15) is 0 Å². The van der Waals surface area contributed by atoms with Crippen molar-refractivity contribution in [3.63, 3.8) is 0 Å². The molecule has 0 aliphatic rings. The molecule has 3 aromatic rings. The van der Waals surface area contributed by atoms with E-state index in [-0.39, 0.29) is 0 Å². The van der Waals surface area contributed by atoms with E-state index in [1.807, 2.05) is 24.4 Å². The Morgan fingerprint density at radius 1 is 1.04 bits per heavy atom. The number of aromatic nitrogens is 1. The molecule has 7 heteroatoms. The highest BCUT2D eigenvalue weighted by Gasteiger charge is 2.06. The number of thiocarbonyl (C=S) groups is 1. The van der Waals surface area contributed by atoms with Gasteiger partial charge in [0.2, 0.25) is 0 Å². The number of aromatic amines is 1. The second kappa shape index (κ2) is 7.62. The van der Waals surface area contributed by atoms with Gasteiger partial charge < -0.3 is 15.6 Å². The molecule has 1 aromatic heterocycles. The van der Waals surface area contributed by atoms with Gasteiger partial charge in [-0.3, -0.25) is 0 Å². The fraction of sp³-hybridized carbons (Fsp3) is 0.118. The molecule has 24 heavy (non-hydrogen) atoms. The summed E-state index contributed by atoms with van der Waals surface area (Å²) >= 11 is 23.4. The minimum atomic E-state index is 0.511. The van der Waals surface area contributed by atoms with Crippen LogP contribution in [0.2, 0.25) is 15.1 Å². The van der Waals surface area contributed by atoms with Crippen LogP contribution in [0.3, 0.4) is 0 Å². The Kier molecular flexibility index (Phi) is 5.51. The lowest BCUT2D eigenvalue weighted by Crippen LogP contribution is -2.30. The maximum atomic E-state index is 6.12. The zero-order valence-electron chi connectivity index (χ0n) is 12.5. The molecule has 3 nitrogen and oxygen atoms in total. The minimum Gasteiger partial charge on any atom is -0.362 e. The Morgan fingerprint density at radius 3 is 2.58 bits per heavy atom. The summed E-state index contributed by atoms with van der Waals surface area (Å²) in [6.07, 6.45) is 2.81. The highest BCUT2D eigenvalue weighted by atomic mass is 35.5. The maximum Gasteiger partial charge on any atom is 0.170 e. The topological polar surface area (TPSA) is 39.9 Å². The first-order valence-corrected chi connectivity index (χ1v) is 8.82. The van der Waals surface area contributed by atoms with Crippen LogP contribution in [0.15, 0.2) is 42.6 Å². The van der Waals surface area contributed by atoms with E-state index in [2.05, 4.69) is 15.6 Å². The van der Waals surface area contributed by atoms with E-state index in [0.29, 0.717) is 21.7 Å². The number of benzene rings is 2. The van der Waals surface area contributed by atoms with Gasteiger partial charge >= 0.3 is 0 Å². The van der Waals surface area contributed by atoms with Crippen molar-refractivity contribution in [2.45, 2.75) is 6.42 Å². The number of hydrogen-bond donors (Lipinski definition) is 3. The molecule has 2 aromatic carbocycles. The Morgan fingerprint density at radius 2 is 1.79 bits per heavy atom. The van der Waals surface area contributed by atoms with Crippen molar-refractivity contribution < 1.29 is 0 Å². The molecule has 1 heterocycles. The van der Waals surface area contributed by atoms with E-state index in [0.717, 1.165) is 28.0 Å². The summed E-state index contributed by atoms with van der Waals surface area (Å²) in [6.45, 7) is 0.691. The van der Waals surface area contributed by atoms with Crippen molar-refractivity contribution in [3.05, 3.63) is 63.2 Å². The number of rotatable bonds is 4. The zero-order chi connectivity index (χ0) is 17.1. The van der Waals surface area contributed by atoms with Crippen LogP contribution in [0.5, 0.6) is 0 Å². The molecule has 0 aliphatic heterocycles. The van der Waals surface area contributed by atoms with Gasteiger partial charge in [-0.05, 0) is 60.6 Å². The van der Waals surface area contributed by atoms with E-state index >= 15 is 0 Å². The number of nitrogens with one attached hydrogen (secondary N) is 3. The van der Waals surface area contributed by atoms with Crippen molar-refractivity contribution in [1.29, 1.82) is 0 Å². The maximum absolute atomic E-state index is 6.12. The van der Waals surface area contributed by atoms with E-state index in [1.54, 1.807) is 18.2 Å². The quantitative estimate of drug-likeness (QED) is 0.497. The second-order valence-electron chi connectivity index (χ2n) is 5.26. The average Bonchev–Trinajstić information content (AvgIpc) is 2.92. The van der Waals surface area contributed by atoms with Crippen LogP contribution in [0, 0.1) is 0 Å². The van der Waals surface area contributed by atoms with E-state index in [4.69, 9.17) is 47.0 Å². The van der Waals surface area contributed by atoms with Crippen molar-refractivity contribution in [3.8, 4) is 0 Å². The third-order valence-corrected chi connectivity index (χ3v) is 4.62. The lowest BCUT2D eigenvalue weighted by molar-refractivity contribution is 0.878. The third-order valence-electron chi connectivity index (χ3n) is 3.59. The smallest absolute Gasteiger partial charge is 0.170 e. The molecule has 3 N–H and O–H groups in total. The van der Waals surface area contributed by atoms with Crippen LogP contribution in [-0.2, 0) is 6.42 Å². The normalized spacial score (nSPS) is 10.8. The Labute approximate surface area is 160 Å². The van der Waals surface area contributed by atoms with Gasteiger partial charge in [-0.25, -0.2) is 0 Å². The highest BCUT2D eigenvalue weighted by Crippen LogP contribution is 2.25. The number of fused-ring (bicyclic) bond motifs is 1.